The van der Waals surface area contributed by atoms with Crippen LogP contribution in [0.2, 0.25) is 0 Å². The molecule has 6 rings (SSSR count). The summed E-state index contributed by atoms with van der Waals surface area (Å²) in [6, 6.07) is 29.8. The Labute approximate surface area is 206 Å². The summed E-state index contributed by atoms with van der Waals surface area (Å²) >= 11 is 0. The third-order valence-corrected chi connectivity index (χ3v) is 12.7. The minimum absolute atomic E-state index is 0.0319. The molecule has 0 saturated heterocycles. The Morgan fingerprint density at radius 2 is 1.53 bits per heavy atom. The number of rotatable bonds is 4. The van der Waals surface area contributed by atoms with Gasteiger partial charge in [-0.2, -0.15) is 0 Å². The summed E-state index contributed by atoms with van der Waals surface area (Å²) < 4.78 is 0. The van der Waals surface area contributed by atoms with Crippen molar-refractivity contribution in [1.82, 2.24) is 0 Å². The highest BCUT2D eigenvalue weighted by molar-refractivity contribution is 6.86. The van der Waals surface area contributed by atoms with Crippen molar-refractivity contribution >= 4 is 25.0 Å². The number of Topliss-reactive ketones (excluding diaryl/α,β-unsaturated/α-hetero) is 1. The van der Waals surface area contributed by atoms with Crippen molar-refractivity contribution in [1.29, 1.82) is 0 Å². The molecule has 2 heteroatoms. The number of hydrogen-bond acceptors (Lipinski definition) is 1. The van der Waals surface area contributed by atoms with Crippen LogP contribution >= 0.6 is 0 Å². The topological polar surface area (TPSA) is 17.1 Å². The monoisotopic (exact) mass is 463 g/mol. The average molecular weight is 464 g/mol. The number of fused-ring (bicyclic) bond motifs is 5. The second-order valence-corrected chi connectivity index (χ2v) is 14.0. The predicted octanol–water partition coefficient (Wildman–Crippen LogP) is 6.06. The molecule has 2 fully saturated rings. The number of ketones is 1. The molecule has 0 amide bonds. The van der Waals surface area contributed by atoms with E-state index in [1.54, 1.807) is 11.1 Å². The highest BCUT2D eigenvalue weighted by Gasteiger charge is 2.54. The Balaban J connectivity index is 1.32. The summed E-state index contributed by atoms with van der Waals surface area (Å²) in [7, 11) is -0.942. The molecule has 0 aromatic heterocycles. The zero-order valence-corrected chi connectivity index (χ0v) is 21.5. The number of hydrogen-bond donors (Lipinski definition) is 0. The van der Waals surface area contributed by atoms with Crippen molar-refractivity contribution in [2.24, 2.45) is 17.3 Å². The van der Waals surface area contributed by atoms with Gasteiger partial charge in [-0.3, -0.25) is 4.79 Å². The Morgan fingerprint density at radius 3 is 2.21 bits per heavy atom. The van der Waals surface area contributed by atoms with Gasteiger partial charge in [-0.15, -0.1) is 0 Å². The maximum atomic E-state index is 12.7. The lowest BCUT2D eigenvalue weighted by Crippen LogP contribution is -2.46. The first-order chi connectivity index (χ1) is 16.6. The van der Waals surface area contributed by atoms with Crippen LogP contribution in [-0.2, 0) is 11.2 Å². The largest absolute Gasteiger partial charge is 0.299 e. The third-order valence-electron chi connectivity index (χ3n) is 9.56. The molecule has 1 nitrogen and oxygen atoms in total. The van der Waals surface area contributed by atoms with E-state index < -0.39 is 8.80 Å². The van der Waals surface area contributed by atoms with Gasteiger partial charge >= 0.3 is 0 Å². The first-order valence-electron chi connectivity index (χ1n) is 13.2. The van der Waals surface area contributed by atoms with E-state index in [0.29, 0.717) is 29.1 Å². The molecule has 34 heavy (non-hydrogen) atoms. The molecule has 2 saturated carbocycles. The zero-order valence-electron chi connectivity index (χ0n) is 20.5. The SMILES string of the molecule is C[C@@H](c1ccc2c(c1)CC[C@@H]1[C@@H]2CC[C@]2(C)C(=O)CC[C@@H]12)[Si](c1ccccc1)c1ccccc1. The molecule has 5 atom stereocenters. The van der Waals surface area contributed by atoms with Crippen LogP contribution in [0.15, 0.2) is 78.9 Å². The van der Waals surface area contributed by atoms with Crippen LogP contribution in [0, 0.1) is 17.3 Å². The Hall–Kier alpha value is -2.45. The molecule has 0 unspecified atom stereocenters. The van der Waals surface area contributed by atoms with Crippen molar-refractivity contribution in [2.45, 2.75) is 63.8 Å². The van der Waals surface area contributed by atoms with Crippen LogP contribution in [0.25, 0.3) is 0 Å². The predicted molar refractivity (Wildman–Crippen MR) is 142 cm³/mol. The summed E-state index contributed by atoms with van der Waals surface area (Å²) in [6.07, 6.45) is 6.66. The van der Waals surface area contributed by atoms with Crippen molar-refractivity contribution < 1.29 is 4.79 Å². The third kappa shape index (κ3) is 3.53. The van der Waals surface area contributed by atoms with Gasteiger partial charge < -0.3 is 0 Å². The molecule has 0 bridgehead atoms. The molecule has 0 spiro atoms. The van der Waals surface area contributed by atoms with Gasteiger partial charge in [0.15, 0.2) is 0 Å². The molecule has 1 radical (unpaired) electrons. The number of carbonyl (C=O) groups is 1. The van der Waals surface area contributed by atoms with Gasteiger partial charge in [0, 0.05) is 11.8 Å². The fourth-order valence-corrected chi connectivity index (χ4v) is 10.7. The Morgan fingerprint density at radius 1 is 0.853 bits per heavy atom. The van der Waals surface area contributed by atoms with Crippen molar-refractivity contribution in [2.75, 3.05) is 0 Å². The van der Waals surface area contributed by atoms with Gasteiger partial charge in [0.1, 0.15) is 14.6 Å². The van der Waals surface area contributed by atoms with Gasteiger partial charge in [-0.05, 0) is 72.1 Å². The Bertz CT molecular complexity index is 1150. The van der Waals surface area contributed by atoms with E-state index in [1.165, 1.54) is 35.2 Å². The summed E-state index contributed by atoms with van der Waals surface area (Å²) in [6.45, 7) is 4.72. The quantitative estimate of drug-likeness (QED) is 0.430. The normalized spacial score (nSPS) is 28.8. The lowest BCUT2D eigenvalue weighted by Gasteiger charge is -2.48. The number of benzene rings is 3. The molecule has 3 aliphatic rings. The van der Waals surface area contributed by atoms with Crippen LogP contribution in [0.5, 0.6) is 0 Å². The van der Waals surface area contributed by atoms with Crippen molar-refractivity contribution in [3.8, 4) is 0 Å². The molecule has 3 aromatic rings. The molecule has 0 heterocycles. The van der Waals surface area contributed by atoms with Crippen LogP contribution in [0.1, 0.15) is 74.1 Å². The minimum Gasteiger partial charge on any atom is -0.299 e. The fourth-order valence-electron chi connectivity index (χ4n) is 7.71. The minimum atomic E-state index is -0.942. The summed E-state index contributed by atoms with van der Waals surface area (Å²) in [5.41, 5.74) is 5.15. The van der Waals surface area contributed by atoms with Crippen molar-refractivity contribution in [3.05, 3.63) is 95.6 Å². The maximum absolute atomic E-state index is 12.7. The van der Waals surface area contributed by atoms with E-state index in [-0.39, 0.29) is 5.41 Å². The molecule has 0 aliphatic heterocycles. The van der Waals surface area contributed by atoms with E-state index in [0.717, 1.165) is 19.3 Å². The maximum Gasteiger partial charge on any atom is 0.139 e. The lowest BCUT2D eigenvalue weighted by molar-refractivity contribution is -0.129. The van der Waals surface area contributed by atoms with Gasteiger partial charge in [-0.1, -0.05) is 103 Å². The van der Waals surface area contributed by atoms with E-state index in [4.69, 9.17) is 0 Å². The van der Waals surface area contributed by atoms with E-state index in [2.05, 4.69) is 92.7 Å². The van der Waals surface area contributed by atoms with Crippen LogP contribution in [0.3, 0.4) is 0 Å². The summed E-state index contributed by atoms with van der Waals surface area (Å²) in [4.78, 5) is 12.7. The first kappa shape index (κ1) is 22.0. The van der Waals surface area contributed by atoms with Crippen LogP contribution in [-0.4, -0.2) is 14.6 Å². The van der Waals surface area contributed by atoms with Gasteiger partial charge in [0.05, 0.1) is 0 Å². The van der Waals surface area contributed by atoms with E-state index >= 15 is 0 Å². The zero-order chi connectivity index (χ0) is 23.3. The van der Waals surface area contributed by atoms with Gasteiger partial charge in [0.2, 0.25) is 0 Å². The fraction of sp³-hybridized carbons (Fsp3) is 0.406. The first-order valence-corrected chi connectivity index (χ1v) is 14.8. The van der Waals surface area contributed by atoms with Gasteiger partial charge in [-0.25, -0.2) is 0 Å². The number of carbonyl (C=O) groups excluding carboxylic acids is 1. The van der Waals surface area contributed by atoms with Crippen LogP contribution in [0.4, 0.5) is 0 Å². The highest BCUT2D eigenvalue weighted by atomic mass is 28.3. The molecule has 3 aromatic carbocycles. The molecule has 0 N–H and O–H groups in total. The Kier molecular flexibility index (Phi) is 5.60. The van der Waals surface area contributed by atoms with Crippen LogP contribution < -0.4 is 10.4 Å². The van der Waals surface area contributed by atoms with E-state index in [1.807, 2.05) is 0 Å². The lowest BCUT2D eigenvalue weighted by atomic mass is 9.55. The summed E-state index contributed by atoms with van der Waals surface area (Å²) in [5.74, 6) is 2.51. The summed E-state index contributed by atoms with van der Waals surface area (Å²) in [5, 5.41) is 2.97. The molecule has 173 valence electrons. The molecular weight excluding hydrogens is 428 g/mol. The standard InChI is InChI=1S/C32H35OSi/c1-22(34(25-9-5-3-6-10-25)26-11-7-4-8-12-26)23-13-15-27-24(21-23)14-16-29-28(27)19-20-32(2)30(29)17-18-31(32)33/h3-13,15,21-22,28-30H,14,16-20H2,1-2H3/t22-,28+,29+,30-,32-/m0/s1. The molecular formula is C32H35OSi. The smallest absolute Gasteiger partial charge is 0.139 e. The molecule has 3 aliphatic carbocycles. The second-order valence-electron chi connectivity index (χ2n) is 11.2. The van der Waals surface area contributed by atoms with E-state index in [9.17, 15) is 4.79 Å². The number of aryl methyl sites for hydroxylation is 1. The van der Waals surface area contributed by atoms with Crippen molar-refractivity contribution in [3.63, 3.8) is 0 Å². The average Bonchev–Trinajstić information content (AvgIpc) is 3.19. The second kappa shape index (κ2) is 8.64. The van der Waals surface area contributed by atoms with Gasteiger partial charge in [0.25, 0.3) is 0 Å². The highest BCUT2D eigenvalue weighted by Crippen LogP contribution is 2.59.